The molecule has 0 amide bonds. The molecule has 0 radical (unpaired) electrons. The topological polar surface area (TPSA) is 61.2 Å². The fourth-order valence-electron chi connectivity index (χ4n) is 2.60. The molecule has 0 fully saturated rings. The maximum absolute atomic E-state index is 12.9. The number of aromatic nitrogens is 2. The van der Waals surface area contributed by atoms with Gasteiger partial charge in [-0.1, -0.05) is 23.9 Å². The molecule has 0 aliphatic rings. The van der Waals surface area contributed by atoms with Crippen LogP contribution in [0.1, 0.15) is 22.6 Å². The van der Waals surface area contributed by atoms with Gasteiger partial charge in [-0.25, -0.2) is 4.98 Å². The zero-order chi connectivity index (χ0) is 18.7. The van der Waals surface area contributed by atoms with Crippen LogP contribution in [0.4, 0.5) is 0 Å². The van der Waals surface area contributed by atoms with Gasteiger partial charge in [0.25, 0.3) is 5.56 Å². The average Bonchev–Trinajstić information content (AvgIpc) is 3.06. The van der Waals surface area contributed by atoms with E-state index in [2.05, 4.69) is 20.9 Å². The number of thioether (sulfide) groups is 1. The molecular formula is C18H17BrN2O3S2. The lowest BCUT2D eigenvalue weighted by atomic mass is 10.2. The van der Waals surface area contributed by atoms with Crippen LogP contribution in [-0.2, 0) is 4.74 Å². The minimum atomic E-state index is -0.182. The Hall–Kier alpha value is -1.48. The van der Waals surface area contributed by atoms with Crippen LogP contribution in [0, 0.1) is 0 Å². The minimum Gasteiger partial charge on any atom is -0.383 e. The van der Waals surface area contributed by atoms with Gasteiger partial charge in [-0.2, -0.15) is 0 Å². The number of thiophene rings is 1. The van der Waals surface area contributed by atoms with E-state index in [-0.39, 0.29) is 23.1 Å². The number of carbonyl (C=O) groups excluding carboxylic acids is 1. The number of hydrogen-bond donors (Lipinski definition) is 0. The number of benzene rings is 1. The van der Waals surface area contributed by atoms with Crippen LogP contribution in [0.25, 0.3) is 10.9 Å². The number of halogens is 1. The van der Waals surface area contributed by atoms with Gasteiger partial charge in [-0.3, -0.25) is 14.2 Å². The summed E-state index contributed by atoms with van der Waals surface area (Å²) < 4.78 is 7.75. The number of rotatable bonds is 7. The maximum atomic E-state index is 12.9. The Kier molecular flexibility index (Phi) is 6.29. The summed E-state index contributed by atoms with van der Waals surface area (Å²) in [6.07, 6.45) is 0. The smallest absolute Gasteiger partial charge is 0.262 e. The Morgan fingerprint density at radius 2 is 2.12 bits per heavy atom. The minimum absolute atomic E-state index is 0.0130. The van der Waals surface area contributed by atoms with Crippen molar-refractivity contribution in [3.05, 3.63) is 55.4 Å². The molecule has 0 saturated carbocycles. The number of hydrogen-bond acceptors (Lipinski definition) is 6. The molecule has 0 aliphatic heterocycles. The molecular weight excluding hydrogens is 436 g/mol. The van der Waals surface area contributed by atoms with Gasteiger partial charge in [0.1, 0.15) is 0 Å². The molecule has 8 heteroatoms. The Bertz CT molecular complexity index is 1000. The van der Waals surface area contributed by atoms with Crippen molar-refractivity contribution in [1.82, 2.24) is 9.55 Å². The lowest BCUT2D eigenvalue weighted by Gasteiger charge is -2.18. The van der Waals surface area contributed by atoms with Crippen LogP contribution >= 0.6 is 39.0 Å². The number of carbonyl (C=O) groups is 1. The van der Waals surface area contributed by atoms with Gasteiger partial charge in [0.15, 0.2) is 10.9 Å². The highest BCUT2D eigenvalue weighted by Gasteiger charge is 2.18. The molecule has 0 N–H and O–H groups in total. The molecule has 2 heterocycles. The van der Waals surface area contributed by atoms with Crippen LogP contribution in [0.15, 0.2) is 50.1 Å². The summed E-state index contributed by atoms with van der Waals surface area (Å²) in [6.45, 7) is 2.29. The van der Waals surface area contributed by atoms with E-state index < -0.39 is 0 Å². The fraction of sp³-hybridized carbons (Fsp3) is 0.278. The van der Waals surface area contributed by atoms with Crippen molar-refractivity contribution in [3.8, 4) is 0 Å². The molecule has 5 nitrogen and oxygen atoms in total. The Balaban J connectivity index is 1.96. The predicted molar refractivity (Wildman–Crippen MR) is 110 cm³/mol. The van der Waals surface area contributed by atoms with Crippen LogP contribution in [-0.4, -0.2) is 34.8 Å². The Labute approximate surface area is 167 Å². The van der Waals surface area contributed by atoms with Crippen molar-refractivity contribution in [3.63, 3.8) is 0 Å². The molecule has 2 aromatic heterocycles. The number of nitrogens with zero attached hydrogens (tertiary/aromatic N) is 2. The lowest BCUT2D eigenvalue weighted by molar-refractivity contribution is 0.102. The molecule has 1 atom stereocenters. The summed E-state index contributed by atoms with van der Waals surface area (Å²) in [5, 5.41) is 1.09. The van der Waals surface area contributed by atoms with Crippen LogP contribution in [0.2, 0.25) is 0 Å². The largest absolute Gasteiger partial charge is 0.383 e. The Morgan fingerprint density at radius 1 is 1.35 bits per heavy atom. The zero-order valence-electron chi connectivity index (χ0n) is 14.3. The number of ether oxygens (including phenoxy) is 1. The van der Waals surface area contributed by atoms with Crippen molar-refractivity contribution in [2.24, 2.45) is 0 Å². The summed E-state index contributed by atoms with van der Waals surface area (Å²) in [4.78, 5) is 30.7. The first-order chi connectivity index (χ1) is 12.5. The number of methoxy groups -OCH3 is 1. The molecule has 0 unspecified atom stereocenters. The van der Waals surface area contributed by atoms with Gasteiger partial charge in [0.05, 0.1) is 38.0 Å². The maximum Gasteiger partial charge on any atom is 0.262 e. The summed E-state index contributed by atoms with van der Waals surface area (Å²) in [5.41, 5.74) is 0.515. The van der Waals surface area contributed by atoms with Crippen molar-refractivity contribution in [2.75, 3.05) is 19.5 Å². The molecule has 1 aromatic carbocycles. The molecule has 3 aromatic rings. The second-order valence-corrected chi connectivity index (χ2v) is 9.11. The van der Waals surface area contributed by atoms with E-state index in [1.54, 1.807) is 23.8 Å². The van der Waals surface area contributed by atoms with Crippen LogP contribution < -0.4 is 5.56 Å². The van der Waals surface area contributed by atoms with Gasteiger partial charge >= 0.3 is 0 Å². The summed E-state index contributed by atoms with van der Waals surface area (Å²) >= 11 is 6.05. The highest BCUT2D eigenvalue weighted by atomic mass is 79.9. The van der Waals surface area contributed by atoms with Crippen LogP contribution in [0.5, 0.6) is 0 Å². The van der Waals surface area contributed by atoms with E-state index in [4.69, 9.17) is 4.74 Å². The number of Topliss-reactive ketones (excluding diaryl/α,β-unsaturated/α-hetero) is 1. The van der Waals surface area contributed by atoms with E-state index in [1.165, 1.54) is 23.1 Å². The third kappa shape index (κ3) is 4.09. The van der Waals surface area contributed by atoms with Crippen molar-refractivity contribution >= 4 is 55.7 Å². The lowest BCUT2D eigenvalue weighted by Crippen LogP contribution is -2.28. The van der Waals surface area contributed by atoms with E-state index in [9.17, 15) is 9.59 Å². The second-order valence-electron chi connectivity index (χ2n) is 5.71. The standard InChI is InChI=1S/C18H17BrN2O3S2/c1-11(9-24-2)21-17(23)12-5-3-4-6-13(12)20-18(21)25-10-14(22)15-7-8-16(19)26-15/h3-8,11H,9-10H2,1-2H3/t11-/m0/s1. The first-order valence-corrected chi connectivity index (χ1v) is 10.5. The SMILES string of the molecule is COC[C@H](C)n1c(SCC(=O)c2ccc(Br)s2)nc2ccccc2c1=O. The van der Waals surface area contributed by atoms with E-state index in [0.717, 1.165) is 3.79 Å². The zero-order valence-corrected chi connectivity index (χ0v) is 17.5. The van der Waals surface area contributed by atoms with E-state index >= 15 is 0 Å². The average molecular weight is 453 g/mol. The summed E-state index contributed by atoms with van der Waals surface area (Å²) in [7, 11) is 1.60. The third-order valence-electron chi connectivity index (χ3n) is 3.80. The molecule has 136 valence electrons. The van der Waals surface area contributed by atoms with E-state index in [1.807, 2.05) is 31.2 Å². The Morgan fingerprint density at radius 3 is 2.81 bits per heavy atom. The molecule has 0 saturated heterocycles. The van der Waals surface area contributed by atoms with Gasteiger partial charge in [0.2, 0.25) is 0 Å². The van der Waals surface area contributed by atoms with Crippen molar-refractivity contribution in [1.29, 1.82) is 0 Å². The van der Waals surface area contributed by atoms with Crippen molar-refractivity contribution < 1.29 is 9.53 Å². The van der Waals surface area contributed by atoms with E-state index in [0.29, 0.717) is 27.5 Å². The molecule has 0 aliphatic carbocycles. The van der Waals surface area contributed by atoms with Gasteiger partial charge in [0, 0.05) is 7.11 Å². The highest BCUT2D eigenvalue weighted by molar-refractivity contribution is 9.11. The molecule has 3 rings (SSSR count). The monoisotopic (exact) mass is 452 g/mol. The first-order valence-electron chi connectivity index (χ1n) is 7.93. The fourth-order valence-corrected chi connectivity index (χ4v) is 4.99. The highest BCUT2D eigenvalue weighted by Crippen LogP contribution is 2.26. The quantitative estimate of drug-likeness (QED) is 0.302. The number of fused-ring (bicyclic) bond motifs is 1. The first kappa shape index (κ1) is 19.3. The number of ketones is 1. The number of para-hydroxylation sites is 1. The predicted octanol–water partition coefficient (Wildman–Crippen LogP) is 4.40. The van der Waals surface area contributed by atoms with Crippen molar-refractivity contribution in [2.45, 2.75) is 18.1 Å². The van der Waals surface area contributed by atoms with Gasteiger partial charge in [-0.15, -0.1) is 11.3 Å². The summed E-state index contributed by atoms with van der Waals surface area (Å²) in [5.74, 6) is 0.233. The second kappa shape index (κ2) is 8.47. The summed E-state index contributed by atoms with van der Waals surface area (Å²) in [6, 6.07) is 10.7. The molecule has 26 heavy (non-hydrogen) atoms. The van der Waals surface area contributed by atoms with Gasteiger partial charge < -0.3 is 4.74 Å². The van der Waals surface area contributed by atoms with Crippen LogP contribution in [0.3, 0.4) is 0 Å². The normalized spacial score (nSPS) is 12.4. The van der Waals surface area contributed by atoms with Gasteiger partial charge in [-0.05, 0) is 47.1 Å². The third-order valence-corrected chi connectivity index (χ3v) is 6.42. The molecule has 0 spiro atoms. The molecule has 0 bridgehead atoms.